The summed E-state index contributed by atoms with van der Waals surface area (Å²) < 4.78 is 10.5. The minimum atomic E-state index is -0.395. The Bertz CT molecular complexity index is 802. The Morgan fingerprint density at radius 1 is 0.957 bits per heavy atom. The van der Waals surface area contributed by atoms with E-state index in [9.17, 15) is 4.79 Å². The van der Waals surface area contributed by atoms with Crippen molar-refractivity contribution in [2.24, 2.45) is 0 Å². The molecule has 0 aliphatic heterocycles. The van der Waals surface area contributed by atoms with E-state index in [1.54, 1.807) is 30.5 Å². The standard InChI is InChI=1S/C18H14N2O3/c1-22-18(21)14-4-2-5-16(12-14)23-15-9-7-13(8-10-15)17-6-3-11-19-20-17/h2-12H,1H3. The summed E-state index contributed by atoms with van der Waals surface area (Å²) in [7, 11) is 1.35. The largest absolute Gasteiger partial charge is 0.465 e. The SMILES string of the molecule is COC(=O)c1cccc(Oc2ccc(-c3cccnn3)cc2)c1. The van der Waals surface area contributed by atoms with E-state index < -0.39 is 5.97 Å². The minimum Gasteiger partial charge on any atom is -0.465 e. The van der Waals surface area contributed by atoms with Crippen molar-refractivity contribution in [2.45, 2.75) is 0 Å². The summed E-state index contributed by atoms with van der Waals surface area (Å²) in [5, 5.41) is 7.92. The maximum atomic E-state index is 11.5. The highest BCUT2D eigenvalue weighted by Crippen LogP contribution is 2.25. The molecule has 23 heavy (non-hydrogen) atoms. The molecule has 3 rings (SSSR count). The number of esters is 1. The molecule has 1 aromatic heterocycles. The van der Waals surface area contributed by atoms with Crippen LogP contribution in [0.25, 0.3) is 11.3 Å². The Balaban J connectivity index is 1.77. The second kappa shape index (κ2) is 6.70. The summed E-state index contributed by atoms with van der Waals surface area (Å²) in [5.74, 6) is 0.841. The fraction of sp³-hybridized carbons (Fsp3) is 0.0556. The van der Waals surface area contributed by atoms with Gasteiger partial charge in [-0.2, -0.15) is 10.2 Å². The number of methoxy groups -OCH3 is 1. The van der Waals surface area contributed by atoms with Crippen molar-refractivity contribution in [2.75, 3.05) is 7.11 Å². The number of aromatic nitrogens is 2. The molecule has 0 aliphatic rings. The van der Waals surface area contributed by atoms with Gasteiger partial charge in [-0.25, -0.2) is 4.79 Å². The third-order valence-corrected chi connectivity index (χ3v) is 3.21. The van der Waals surface area contributed by atoms with Crippen molar-refractivity contribution in [1.82, 2.24) is 10.2 Å². The van der Waals surface area contributed by atoms with Crippen LogP contribution < -0.4 is 4.74 Å². The highest BCUT2D eigenvalue weighted by Gasteiger charge is 2.07. The molecule has 0 N–H and O–H groups in total. The molecule has 0 spiro atoms. The van der Waals surface area contributed by atoms with E-state index in [1.165, 1.54) is 7.11 Å². The molecule has 3 aromatic rings. The molecule has 2 aromatic carbocycles. The number of ether oxygens (including phenoxy) is 2. The van der Waals surface area contributed by atoms with Crippen molar-refractivity contribution < 1.29 is 14.3 Å². The zero-order valence-electron chi connectivity index (χ0n) is 12.5. The highest BCUT2D eigenvalue weighted by atomic mass is 16.5. The Hall–Kier alpha value is -3.21. The Kier molecular flexibility index (Phi) is 4.29. The van der Waals surface area contributed by atoms with E-state index in [0.717, 1.165) is 11.3 Å². The van der Waals surface area contributed by atoms with Gasteiger partial charge in [-0.15, -0.1) is 0 Å². The van der Waals surface area contributed by atoms with Gasteiger partial charge in [0.1, 0.15) is 11.5 Å². The van der Waals surface area contributed by atoms with E-state index in [1.807, 2.05) is 36.4 Å². The van der Waals surface area contributed by atoms with Gasteiger partial charge >= 0.3 is 5.97 Å². The van der Waals surface area contributed by atoms with E-state index in [-0.39, 0.29) is 0 Å². The molecule has 5 nitrogen and oxygen atoms in total. The van der Waals surface area contributed by atoms with Gasteiger partial charge in [0.05, 0.1) is 18.4 Å². The summed E-state index contributed by atoms with van der Waals surface area (Å²) in [6.45, 7) is 0. The molecule has 5 heteroatoms. The van der Waals surface area contributed by atoms with Gasteiger partial charge in [-0.1, -0.05) is 6.07 Å². The van der Waals surface area contributed by atoms with Gasteiger partial charge in [-0.05, 0) is 54.6 Å². The lowest BCUT2D eigenvalue weighted by atomic mass is 10.1. The van der Waals surface area contributed by atoms with E-state index in [0.29, 0.717) is 17.1 Å². The minimum absolute atomic E-state index is 0.395. The lowest BCUT2D eigenvalue weighted by Gasteiger charge is -2.08. The molecular formula is C18H14N2O3. The zero-order valence-corrected chi connectivity index (χ0v) is 12.5. The molecule has 0 bridgehead atoms. The number of carbonyl (C=O) groups is 1. The van der Waals surface area contributed by atoms with E-state index >= 15 is 0 Å². The summed E-state index contributed by atoms with van der Waals surface area (Å²) in [6.07, 6.45) is 1.63. The van der Waals surface area contributed by atoms with E-state index in [4.69, 9.17) is 9.47 Å². The van der Waals surface area contributed by atoms with Gasteiger partial charge < -0.3 is 9.47 Å². The summed E-state index contributed by atoms with van der Waals surface area (Å²) in [6, 6.07) is 18.1. The average molecular weight is 306 g/mol. The van der Waals surface area contributed by atoms with Crippen LogP contribution in [0.5, 0.6) is 11.5 Å². The number of carbonyl (C=O) groups excluding carboxylic acids is 1. The number of hydrogen-bond donors (Lipinski definition) is 0. The van der Waals surface area contributed by atoms with Crippen molar-refractivity contribution >= 4 is 5.97 Å². The van der Waals surface area contributed by atoms with Crippen LogP contribution in [-0.2, 0) is 4.74 Å². The summed E-state index contributed by atoms with van der Waals surface area (Å²) >= 11 is 0. The van der Waals surface area contributed by atoms with Gasteiger partial charge in [-0.3, -0.25) is 0 Å². The fourth-order valence-electron chi connectivity index (χ4n) is 2.09. The third kappa shape index (κ3) is 3.52. The van der Waals surface area contributed by atoms with Crippen LogP contribution in [0.2, 0.25) is 0 Å². The number of hydrogen-bond acceptors (Lipinski definition) is 5. The average Bonchev–Trinajstić information content (AvgIpc) is 2.62. The highest BCUT2D eigenvalue weighted by molar-refractivity contribution is 5.89. The van der Waals surface area contributed by atoms with Crippen LogP contribution >= 0.6 is 0 Å². The molecule has 0 saturated heterocycles. The number of rotatable bonds is 4. The number of nitrogens with zero attached hydrogens (tertiary/aromatic N) is 2. The van der Waals surface area contributed by atoms with E-state index in [2.05, 4.69) is 10.2 Å². The van der Waals surface area contributed by atoms with Crippen LogP contribution in [0.4, 0.5) is 0 Å². The molecule has 114 valence electrons. The second-order valence-electron chi connectivity index (χ2n) is 4.75. The van der Waals surface area contributed by atoms with Crippen LogP contribution in [-0.4, -0.2) is 23.3 Å². The maximum Gasteiger partial charge on any atom is 0.337 e. The van der Waals surface area contributed by atoms with Crippen LogP contribution in [0, 0.1) is 0 Å². The van der Waals surface area contributed by atoms with Crippen molar-refractivity contribution in [3.05, 3.63) is 72.4 Å². The van der Waals surface area contributed by atoms with Gasteiger partial charge in [0.25, 0.3) is 0 Å². The topological polar surface area (TPSA) is 61.3 Å². The third-order valence-electron chi connectivity index (χ3n) is 3.21. The Morgan fingerprint density at radius 2 is 1.78 bits per heavy atom. The first kappa shape index (κ1) is 14.7. The molecule has 1 heterocycles. The lowest BCUT2D eigenvalue weighted by molar-refractivity contribution is 0.0600. The van der Waals surface area contributed by atoms with Gasteiger partial charge in [0.2, 0.25) is 0 Å². The van der Waals surface area contributed by atoms with Gasteiger partial charge in [0, 0.05) is 11.8 Å². The molecule has 0 unspecified atom stereocenters. The summed E-state index contributed by atoms with van der Waals surface area (Å²) in [5.41, 5.74) is 2.20. The first-order valence-electron chi connectivity index (χ1n) is 7.00. The van der Waals surface area contributed by atoms with Crippen molar-refractivity contribution in [1.29, 1.82) is 0 Å². The fourth-order valence-corrected chi connectivity index (χ4v) is 2.09. The van der Waals surface area contributed by atoms with Crippen LogP contribution in [0.1, 0.15) is 10.4 Å². The molecular weight excluding hydrogens is 292 g/mol. The zero-order chi connectivity index (χ0) is 16.1. The quantitative estimate of drug-likeness (QED) is 0.687. The molecule has 0 radical (unpaired) electrons. The first-order valence-corrected chi connectivity index (χ1v) is 7.00. The van der Waals surface area contributed by atoms with Crippen LogP contribution in [0.15, 0.2) is 66.9 Å². The second-order valence-corrected chi connectivity index (χ2v) is 4.75. The predicted octanol–water partition coefficient (Wildman–Crippen LogP) is 3.72. The Morgan fingerprint density at radius 3 is 2.48 bits per heavy atom. The molecule has 0 atom stereocenters. The normalized spacial score (nSPS) is 10.1. The molecule has 0 amide bonds. The smallest absolute Gasteiger partial charge is 0.337 e. The van der Waals surface area contributed by atoms with Crippen molar-refractivity contribution in [3.63, 3.8) is 0 Å². The maximum absolute atomic E-state index is 11.5. The summed E-state index contributed by atoms with van der Waals surface area (Å²) in [4.78, 5) is 11.5. The lowest BCUT2D eigenvalue weighted by Crippen LogP contribution is -2.00. The van der Waals surface area contributed by atoms with Crippen LogP contribution in [0.3, 0.4) is 0 Å². The predicted molar refractivity (Wildman–Crippen MR) is 85.3 cm³/mol. The first-order chi connectivity index (χ1) is 11.3. The molecule has 0 fully saturated rings. The Labute approximate surface area is 133 Å². The van der Waals surface area contributed by atoms with Gasteiger partial charge in [0.15, 0.2) is 0 Å². The van der Waals surface area contributed by atoms with Crippen molar-refractivity contribution in [3.8, 4) is 22.8 Å². The number of benzene rings is 2. The molecule has 0 saturated carbocycles. The molecule has 0 aliphatic carbocycles. The monoisotopic (exact) mass is 306 g/mol.